The number of nitrogens with one attached hydrogen (secondary N) is 1. The first kappa shape index (κ1) is 15.4. The molecule has 0 saturated heterocycles. The minimum Gasteiger partial charge on any atom is -0.394 e. The Morgan fingerprint density at radius 2 is 1.61 bits per heavy atom. The van der Waals surface area contributed by atoms with E-state index in [1.165, 1.54) is 32.1 Å². The Morgan fingerprint density at radius 1 is 1.06 bits per heavy atom. The molecule has 0 aromatic rings. The van der Waals surface area contributed by atoms with Crippen molar-refractivity contribution in [2.24, 2.45) is 5.92 Å². The molecule has 0 atom stereocenters. The molecule has 1 rings (SSSR count). The molecule has 1 aliphatic rings. The van der Waals surface area contributed by atoms with Crippen LogP contribution in [0.1, 0.15) is 44.9 Å². The van der Waals surface area contributed by atoms with Gasteiger partial charge >= 0.3 is 0 Å². The molecule has 0 aliphatic heterocycles. The van der Waals surface area contributed by atoms with Crippen LogP contribution in [-0.2, 0) is 4.79 Å². The van der Waals surface area contributed by atoms with Gasteiger partial charge in [0.2, 0.25) is 5.91 Å². The standard InChI is InChI=1S/C13H25NO4/c15-8-13(9-16,10-17)14-12(18)7-6-11-4-2-1-3-5-11/h11,15-17H,1-10H2,(H,14,18). The second-order valence-electron chi connectivity index (χ2n) is 5.35. The minimum atomic E-state index is -1.29. The summed E-state index contributed by atoms with van der Waals surface area (Å²) in [5, 5.41) is 29.9. The average molecular weight is 259 g/mol. The highest BCUT2D eigenvalue weighted by Gasteiger charge is 2.29. The third-order valence-corrected chi connectivity index (χ3v) is 3.82. The number of amides is 1. The molecule has 0 aromatic heterocycles. The quantitative estimate of drug-likeness (QED) is 0.525. The third kappa shape index (κ3) is 4.55. The summed E-state index contributed by atoms with van der Waals surface area (Å²) in [5.74, 6) is 0.411. The van der Waals surface area contributed by atoms with Crippen molar-refractivity contribution in [3.05, 3.63) is 0 Å². The van der Waals surface area contributed by atoms with E-state index in [9.17, 15) is 4.79 Å². The molecular weight excluding hydrogens is 234 g/mol. The fraction of sp³-hybridized carbons (Fsp3) is 0.923. The molecule has 0 heterocycles. The highest BCUT2D eigenvalue weighted by molar-refractivity contribution is 5.76. The summed E-state index contributed by atoms with van der Waals surface area (Å²) >= 11 is 0. The van der Waals surface area contributed by atoms with Crippen molar-refractivity contribution >= 4 is 5.91 Å². The lowest BCUT2D eigenvalue weighted by Gasteiger charge is -2.29. The van der Waals surface area contributed by atoms with Gasteiger partial charge < -0.3 is 20.6 Å². The number of carbonyl (C=O) groups is 1. The van der Waals surface area contributed by atoms with Crippen LogP contribution >= 0.6 is 0 Å². The maximum atomic E-state index is 11.7. The van der Waals surface area contributed by atoms with Gasteiger partial charge in [0.15, 0.2) is 0 Å². The van der Waals surface area contributed by atoms with E-state index in [-0.39, 0.29) is 5.91 Å². The highest BCUT2D eigenvalue weighted by Crippen LogP contribution is 2.27. The van der Waals surface area contributed by atoms with E-state index in [2.05, 4.69) is 5.32 Å². The monoisotopic (exact) mass is 259 g/mol. The normalized spacial score (nSPS) is 17.7. The molecule has 5 heteroatoms. The van der Waals surface area contributed by atoms with Gasteiger partial charge in [-0.1, -0.05) is 32.1 Å². The highest BCUT2D eigenvalue weighted by atomic mass is 16.3. The summed E-state index contributed by atoms with van der Waals surface area (Å²) in [6, 6.07) is 0. The van der Waals surface area contributed by atoms with Gasteiger partial charge in [-0.3, -0.25) is 4.79 Å². The van der Waals surface area contributed by atoms with E-state index in [0.717, 1.165) is 6.42 Å². The molecule has 4 N–H and O–H groups in total. The van der Waals surface area contributed by atoms with Crippen LogP contribution in [0.5, 0.6) is 0 Å². The second-order valence-corrected chi connectivity index (χ2v) is 5.35. The van der Waals surface area contributed by atoms with Crippen molar-refractivity contribution in [2.75, 3.05) is 19.8 Å². The first-order chi connectivity index (χ1) is 8.65. The predicted octanol–water partition coefficient (Wildman–Crippen LogP) is 0.179. The zero-order chi connectivity index (χ0) is 13.4. The maximum absolute atomic E-state index is 11.7. The lowest BCUT2D eigenvalue weighted by Crippen LogP contribution is -2.57. The van der Waals surface area contributed by atoms with Crippen LogP contribution in [0.2, 0.25) is 0 Å². The van der Waals surface area contributed by atoms with E-state index in [4.69, 9.17) is 15.3 Å². The molecule has 0 spiro atoms. The lowest BCUT2D eigenvalue weighted by molar-refractivity contribution is -0.125. The van der Waals surface area contributed by atoms with E-state index in [0.29, 0.717) is 12.3 Å². The van der Waals surface area contributed by atoms with Crippen LogP contribution in [0.25, 0.3) is 0 Å². The topological polar surface area (TPSA) is 89.8 Å². The van der Waals surface area contributed by atoms with Gasteiger partial charge in [-0.25, -0.2) is 0 Å². The summed E-state index contributed by atoms with van der Waals surface area (Å²) in [5.41, 5.74) is -1.29. The number of hydrogen-bond acceptors (Lipinski definition) is 4. The maximum Gasteiger partial charge on any atom is 0.220 e. The molecular formula is C13H25NO4. The van der Waals surface area contributed by atoms with Gasteiger partial charge in [-0.2, -0.15) is 0 Å². The molecule has 0 radical (unpaired) electrons. The van der Waals surface area contributed by atoms with Crippen LogP contribution < -0.4 is 5.32 Å². The van der Waals surface area contributed by atoms with Gasteiger partial charge in [0.1, 0.15) is 5.54 Å². The molecule has 0 unspecified atom stereocenters. The summed E-state index contributed by atoms with van der Waals surface area (Å²) in [7, 11) is 0. The van der Waals surface area contributed by atoms with E-state index < -0.39 is 25.4 Å². The Labute approximate surface area is 108 Å². The summed E-state index contributed by atoms with van der Waals surface area (Å²) < 4.78 is 0. The molecule has 106 valence electrons. The Bertz CT molecular complexity index is 239. The van der Waals surface area contributed by atoms with Crippen molar-refractivity contribution in [3.63, 3.8) is 0 Å². The largest absolute Gasteiger partial charge is 0.394 e. The van der Waals surface area contributed by atoms with E-state index in [1.807, 2.05) is 0 Å². The van der Waals surface area contributed by atoms with Crippen LogP contribution in [-0.4, -0.2) is 46.6 Å². The van der Waals surface area contributed by atoms with Crippen molar-refractivity contribution in [1.29, 1.82) is 0 Å². The fourth-order valence-electron chi connectivity index (χ4n) is 2.44. The lowest BCUT2D eigenvalue weighted by atomic mass is 9.86. The van der Waals surface area contributed by atoms with E-state index >= 15 is 0 Å². The average Bonchev–Trinajstić information content (AvgIpc) is 2.44. The molecule has 18 heavy (non-hydrogen) atoms. The third-order valence-electron chi connectivity index (χ3n) is 3.82. The van der Waals surface area contributed by atoms with Crippen molar-refractivity contribution < 1.29 is 20.1 Å². The van der Waals surface area contributed by atoms with Gasteiger partial charge in [-0.05, 0) is 12.3 Å². The zero-order valence-electron chi connectivity index (χ0n) is 10.9. The minimum absolute atomic E-state index is 0.210. The van der Waals surface area contributed by atoms with Crippen LogP contribution in [0.15, 0.2) is 0 Å². The Kier molecular flexibility index (Phi) is 6.60. The van der Waals surface area contributed by atoms with E-state index in [1.54, 1.807) is 0 Å². The number of aliphatic hydroxyl groups excluding tert-OH is 3. The zero-order valence-corrected chi connectivity index (χ0v) is 10.9. The molecule has 0 bridgehead atoms. The first-order valence-electron chi connectivity index (χ1n) is 6.79. The fourth-order valence-corrected chi connectivity index (χ4v) is 2.44. The van der Waals surface area contributed by atoms with Crippen LogP contribution in [0, 0.1) is 5.92 Å². The van der Waals surface area contributed by atoms with Crippen LogP contribution in [0.3, 0.4) is 0 Å². The second kappa shape index (κ2) is 7.71. The van der Waals surface area contributed by atoms with Crippen molar-refractivity contribution in [3.8, 4) is 0 Å². The van der Waals surface area contributed by atoms with Gasteiger partial charge in [0.05, 0.1) is 19.8 Å². The van der Waals surface area contributed by atoms with Crippen molar-refractivity contribution in [2.45, 2.75) is 50.5 Å². The summed E-state index contributed by atoms with van der Waals surface area (Å²) in [6.07, 6.45) is 7.43. The molecule has 1 aliphatic carbocycles. The number of aliphatic hydroxyl groups is 3. The molecule has 1 amide bonds. The summed E-state index contributed by atoms with van der Waals surface area (Å²) in [4.78, 5) is 11.7. The van der Waals surface area contributed by atoms with Gasteiger partial charge in [-0.15, -0.1) is 0 Å². The molecule has 5 nitrogen and oxygen atoms in total. The Balaban J connectivity index is 2.31. The Hall–Kier alpha value is -0.650. The molecule has 1 fully saturated rings. The smallest absolute Gasteiger partial charge is 0.220 e. The molecule has 0 aromatic carbocycles. The number of carbonyl (C=O) groups excluding carboxylic acids is 1. The SMILES string of the molecule is O=C(CCC1CCCCC1)NC(CO)(CO)CO. The van der Waals surface area contributed by atoms with Crippen molar-refractivity contribution in [1.82, 2.24) is 5.32 Å². The first-order valence-corrected chi connectivity index (χ1v) is 6.79. The van der Waals surface area contributed by atoms with Crippen LogP contribution in [0.4, 0.5) is 0 Å². The molecule has 1 saturated carbocycles. The Morgan fingerprint density at radius 3 is 2.11 bits per heavy atom. The van der Waals surface area contributed by atoms with Gasteiger partial charge in [0, 0.05) is 6.42 Å². The summed E-state index contributed by atoms with van der Waals surface area (Å²) in [6.45, 7) is -1.39. The predicted molar refractivity (Wildman–Crippen MR) is 67.9 cm³/mol. The number of rotatable bonds is 7. The van der Waals surface area contributed by atoms with Gasteiger partial charge in [0.25, 0.3) is 0 Å². The number of hydrogen-bond donors (Lipinski definition) is 4.